The molecule has 0 aliphatic carbocycles. The lowest BCUT2D eigenvalue weighted by Gasteiger charge is -2.34. The van der Waals surface area contributed by atoms with Crippen LogP contribution in [0.3, 0.4) is 0 Å². The molecule has 2 heterocycles. The second kappa shape index (κ2) is 44.8. The Bertz CT molecular complexity index is 1080. The van der Waals surface area contributed by atoms with Crippen LogP contribution in [-0.4, -0.2) is 135 Å². The van der Waals surface area contributed by atoms with Crippen molar-refractivity contribution in [3.05, 3.63) is 24.3 Å². The molecule has 2 fully saturated rings. The number of nitrogens with zero attached hydrogens (tertiary/aromatic N) is 4. The molecule has 0 N–H and O–H groups in total. The molecule has 2 saturated heterocycles. The largest absolute Gasteiger partial charge is 0.464 e. The van der Waals surface area contributed by atoms with E-state index in [9.17, 15) is 9.59 Å². The summed E-state index contributed by atoms with van der Waals surface area (Å²) in [5.74, 6) is 2.30. The van der Waals surface area contributed by atoms with Crippen LogP contribution in [0.5, 0.6) is 0 Å². The van der Waals surface area contributed by atoms with Crippen molar-refractivity contribution < 1.29 is 19.1 Å². The summed E-state index contributed by atoms with van der Waals surface area (Å²) in [6, 6.07) is 0. The molecule has 0 unspecified atom stereocenters. The van der Waals surface area contributed by atoms with Gasteiger partial charge in [0.25, 0.3) is 0 Å². The first kappa shape index (κ1) is 58.1. The molecule has 0 aromatic heterocycles. The van der Waals surface area contributed by atoms with E-state index in [1.165, 1.54) is 159 Å². The summed E-state index contributed by atoms with van der Waals surface area (Å²) in [5, 5.41) is 0. The smallest absolute Gasteiger partial charge is 0.305 e. The summed E-state index contributed by atoms with van der Waals surface area (Å²) >= 11 is 0. The van der Waals surface area contributed by atoms with Crippen LogP contribution < -0.4 is 0 Å². The summed E-state index contributed by atoms with van der Waals surface area (Å²) in [6.07, 6.45) is 45.2. The fraction of sp³-hybridized carbons (Fsp3) is 0.887. The Balaban J connectivity index is 1.28. The number of ether oxygens (including phenoxy) is 2. The molecule has 0 saturated carbocycles. The third-order valence-electron chi connectivity index (χ3n) is 12.9. The average Bonchev–Trinajstić information content (AvgIpc) is 3.29. The highest BCUT2D eigenvalue weighted by molar-refractivity contribution is 8.76. The van der Waals surface area contributed by atoms with E-state index in [1.807, 2.05) is 21.6 Å². The highest BCUT2D eigenvalue weighted by Gasteiger charge is 2.18. The van der Waals surface area contributed by atoms with Crippen molar-refractivity contribution in [1.29, 1.82) is 0 Å². The van der Waals surface area contributed by atoms with Crippen molar-refractivity contribution in [1.82, 2.24) is 19.6 Å². The summed E-state index contributed by atoms with van der Waals surface area (Å²) in [4.78, 5) is 34.5. The number of esters is 2. The number of carbonyl (C=O) groups excluding carboxylic acids is 2. The summed E-state index contributed by atoms with van der Waals surface area (Å²) in [7, 11) is 4.03. The number of rotatable bonds is 44. The Morgan fingerprint density at radius 3 is 0.968 bits per heavy atom. The predicted molar refractivity (Wildman–Crippen MR) is 276 cm³/mol. The number of hydrogen-bond acceptors (Lipinski definition) is 10. The van der Waals surface area contributed by atoms with Gasteiger partial charge in [0.15, 0.2) is 0 Å². The molecule has 2 aliphatic rings. The van der Waals surface area contributed by atoms with Gasteiger partial charge in [-0.25, -0.2) is 0 Å². The van der Waals surface area contributed by atoms with Crippen LogP contribution in [0, 0.1) is 0 Å². The molecule has 0 bridgehead atoms. The molecule has 63 heavy (non-hydrogen) atoms. The van der Waals surface area contributed by atoms with Crippen molar-refractivity contribution >= 4 is 33.5 Å². The van der Waals surface area contributed by atoms with E-state index >= 15 is 0 Å². The van der Waals surface area contributed by atoms with E-state index in [-0.39, 0.29) is 11.9 Å². The minimum absolute atomic E-state index is 0.0187. The number of piperazine rings is 2. The molecular formula is C53H100N4O4S2. The molecule has 0 aromatic carbocycles. The monoisotopic (exact) mass is 921 g/mol. The van der Waals surface area contributed by atoms with Crippen molar-refractivity contribution in [2.75, 3.05) is 103 Å². The van der Waals surface area contributed by atoms with Gasteiger partial charge in [-0.3, -0.25) is 29.2 Å². The molecule has 8 nitrogen and oxygen atoms in total. The van der Waals surface area contributed by atoms with Gasteiger partial charge in [0.2, 0.25) is 0 Å². The van der Waals surface area contributed by atoms with Gasteiger partial charge in [0, 0.05) is 103 Å². The van der Waals surface area contributed by atoms with Gasteiger partial charge in [0.1, 0.15) is 13.2 Å². The third-order valence-corrected chi connectivity index (χ3v) is 15.2. The fourth-order valence-electron chi connectivity index (χ4n) is 8.50. The highest BCUT2D eigenvalue weighted by atomic mass is 33.1. The lowest BCUT2D eigenvalue weighted by molar-refractivity contribution is -0.145. The molecule has 0 spiro atoms. The van der Waals surface area contributed by atoms with Gasteiger partial charge in [-0.15, -0.1) is 0 Å². The summed E-state index contributed by atoms with van der Waals surface area (Å²) in [5.41, 5.74) is 0. The quantitative estimate of drug-likeness (QED) is 0.0255. The van der Waals surface area contributed by atoms with Crippen molar-refractivity contribution in [3.8, 4) is 0 Å². The zero-order chi connectivity index (χ0) is 44.9. The van der Waals surface area contributed by atoms with Gasteiger partial charge in [-0.2, -0.15) is 0 Å². The lowest BCUT2D eigenvalue weighted by Crippen LogP contribution is -2.48. The van der Waals surface area contributed by atoms with Crippen LogP contribution in [0.15, 0.2) is 24.3 Å². The number of hydrogen-bond donors (Lipinski definition) is 0. The SMILES string of the molecule is CCCCCCCC/C=C\CCCCCCCCC(=O)OCCN1CCN(CCSSCCN2CCN(CCOC(=O)CCCCCCC/C=C\CCCCCCCC)CC2)CC1. The summed E-state index contributed by atoms with van der Waals surface area (Å²) < 4.78 is 11.1. The van der Waals surface area contributed by atoms with E-state index < -0.39 is 0 Å². The van der Waals surface area contributed by atoms with Gasteiger partial charge < -0.3 is 9.47 Å². The first-order valence-corrected chi connectivity index (χ1v) is 29.3. The molecule has 368 valence electrons. The Labute approximate surface area is 398 Å². The van der Waals surface area contributed by atoms with Crippen LogP contribution in [0.4, 0.5) is 0 Å². The third kappa shape index (κ3) is 37.7. The standard InChI is InChI=1S/C53H100N4O4S2/c1-3-5-7-9-11-13-15-17-19-21-23-25-27-29-31-33-35-53(59)61-49-45-55-38-42-57(43-39-55)47-51-63-62-50-46-56-40-36-54(37-41-56)44-48-60-52(58)34-32-30-28-26-24-22-20-18-16-14-12-10-8-6-4-2/h17-20H,3-16,21-51H2,1-2H3/b19-17-,20-18-. The minimum Gasteiger partial charge on any atom is -0.464 e. The molecular weight excluding hydrogens is 821 g/mol. The molecule has 0 amide bonds. The first-order chi connectivity index (χ1) is 31.1. The van der Waals surface area contributed by atoms with E-state index in [0.717, 1.165) is 104 Å². The van der Waals surface area contributed by atoms with Gasteiger partial charge >= 0.3 is 11.9 Å². The predicted octanol–water partition coefficient (Wildman–Crippen LogP) is 13.2. The van der Waals surface area contributed by atoms with Crippen LogP contribution in [0.2, 0.25) is 0 Å². The second-order valence-corrected chi connectivity index (χ2v) is 21.2. The van der Waals surface area contributed by atoms with E-state index in [2.05, 4.69) is 57.8 Å². The minimum atomic E-state index is -0.0212. The van der Waals surface area contributed by atoms with Crippen LogP contribution >= 0.6 is 21.6 Å². The maximum Gasteiger partial charge on any atom is 0.305 e. The molecule has 2 aliphatic heterocycles. The van der Waals surface area contributed by atoms with Crippen molar-refractivity contribution in [2.24, 2.45) is 0 Å². The zero-order valence-corrected chi connectivity index (χ0v) is 43.0. The van der Waals surface area contributed by atoms with E-state index in [1.54, 1.807) is 0 Å². The number of allylic oxidation sites excluding steroid dienone is 4. The Hall–Kier alpha value is -1.04. The highest BCUT2D eigenvalue weighted by Crippen LogP contribution is 2.22. The molecule has 0 radical (unpaired) electrons. The van der Waals surface area contributed by atoms with Crippen LogP contribution in [0.25, 0.3) is 0 Å². The zero-order valence-electron chi connectivity index (χ0n) is 41.4. The summed E-state index contributed by atoms with van der Waals surface area (Å²) in [6.45, 7) is 18.3. The first-order valence-electron chi connectivity index (χ1n) is 26.9. The van der Waals surface area contributed by atoms with Gasteiger partial charge in [-0.1, -0.05) is 169 Å². The lowest BCUT2D eigenvalue weighted by atomic mass is 10.1. The van der Waals surface area contributed by atoms with Gasteiger partial charge in [0.05, 0.1) is 0 Å². The molecule has 0 aromatic rings. The average molecular weight is 922 g/mol. The fourth-order valence-corrected chi connectivity index (χ4v) is 10.6. The van der Waals surface area contributed by atoms with Gasteiger partial charge in [-0.05, 0) is 64.2 Å². The maximum absolute atomic E-state index is 12.2. The maximum atomic E-state index is 12.2. The Morgan fingerprint density at radius 1 is 0.381 bits per heavy atom. The Morgan fingerprint density at radius 2 is 0.651 bits per heavy atom. The van der Waals surface area contributed by atoms with Crippen LogP contribution in [-0.2, 0) is 19.1 Å². The Kier molecular flexibility index (Phi) is 41.3. The van der Waals surface area contributed by atoms with E-state index in [0.29, 0.717) is 26.1 Å². The van der Waals surface area contributed by atoms with Crippen LogP contribution in [0.1, 0.15) is 200 Å². The van der Waals surface area contributed by atoms with E-state index in [4.69, 9.17) is 9.47 Å². The number of unbranched alkanes of at least 4 members (excludes halogenated alkanes) is 23. The number of carbonyl (C=O) groups is 2. The van der Waals surface area contributed by atoms with Crippen molar-refractivity contribution in [2.45, 2.75) is 200 Å². The topological polar surface area (TPSA) is 65.6 Å². The van der Waals surface area contributed by atoms with Crippen molar-refractivity contribution in [3.63, 3.8) is 0 Å². The normalized spacial score (nSPS) is 15.9. The molecule has 10 heteroatoms. The molecule has 2 rings (SSSR count). The second-order valence-electron chi connectivity index (χ2n) is 18.5. The molecule has 0 atom stereocenters.